The van der Waals surface area contributed by atoms with Gasteiger partial charge in [0.1, 0.15) is 11.5 Å². The van der Waals surface area contributed by atoms with Gasteiger partial charge in [-0.3, -0.25) is 9.69 Å². The molecule has 7 heteroatoms. The van der Waals surface area contributed by atoms with Gasteiger partial charge in [-0.25, -0.2) is 0 Å². The molecule has 2 fully saturated rings. The van der Waals surface area contributed by atoms with Crippen molar-refractivity contribution in [2.75, 3.05) is 0 Å². The van der Waals surface area contributed by atoms with Crippen LogP contribution in [-0.2, 0) is 27.2 Å². The van der Waals surface area contributed by atoms with Crippen molar-refractivity contribution in [3.63, 3.8) is 0 Å². The standard InChI is InChI=1S/C40H69NO6/c1-13-32(38-28(10)22-40(15-3,47-38)34-20-21-39(45,14-2)30(12)46-34)37(44)29(11)35(42)26(8)16-18-31-19-17-27(9)36(43)33(31)23-41(24(4)5)25(6)7/h17,19,24-26,28-30,32,34-35,38,42-43,45H,13-16,18,20-23H2,1-12H3/t26-,28+,29+,30+,32+,34?,35+,38?,39-,40+/m1/s1. The minimum atomic E-state index is -0.802. The smallest absolute Gasteiger partial charge is 0.143 e. The number of rotatable bonds is 16. The fraction of sp³-hybridized carbons (Fsp3) is 0.825. The van der Waals surface area contributed by atoms with E-state index in [1.54, 1.807) is 0 Å². The number of Topliss-reactive ketones (excluding diaryl/α,β-unsaturated/α-hetero) is 1. The average molecular weight is 660 g/mol. The van der Waals surface area contributed by atoms with Gasteiger partial charge in [0.25, 0.3) is 0 Å². The topological polar surface area (TPSA) is 99.5 Å². The number of nitrogens with zero attached hydrogens (tertiary/aromatic N) is 1. The zero-order valence-corrected chi connectivity index (χ0v) is 31.8. The SMILES string of the molecule is CC[C@@H](C(=O)[C@@H](C)[C@@H](O)[C@H](C)CCc1ccc(C)c(O)c1CN(C(C)C)C(C)C)C1O[C@](CC)(C2CC[C@](O)(CC)[C@H](C)O2)C[C@@H]1C. The summed E-state index contributed by atoms with van der Waals surface area (Å²) in [7, 11) is 0. The van der Waals surface area contributed by atoms with Gasteiger partial charge in [-0.2, -0.15) is 0 Å². The van der Waals surface area contributed by atoms with E-state index >= 15 is 0 Å². The summed E-state index contributed by atoms with van der Waals surface area (Å²) < 4.78 is 13.4. The summed E-state index contributed by atoms with van der Waals surface area (Å²) in [6, 6.07) is 4.78. The van der Waals surface area contributed by atoms with Crippen LogP contribution in [-0.4, -0.2) is 73.7 Å². The molecule has 270 valence electrons. The minimum absolute atomic E-state index is 0.0760. The number of ketones is 1. The third kappa shape index (κ3) is 8.63. The highest BCUT2D eigenvalue weighted by atomic mass is 16.6. The Morgan fingerprint density at radius 3 is 2.21 bits per heavy atom. The lowest BCUT2D eigenvalue weighted by molar-refractivity contribution is -0.229. The normalized spacial score (nSPS) is 31.0. The molecule has 1 aromatic carbocycles. The van der Waals surface area contributed by atoms with Gasteiger partial charge in [-0.15, -0.1) is 0 Å². The van der Waals surface area contributed by atoms with Crippen molar-refractivity contribution in [2.45, 2.75) is 189 Å². The van der Waals surface area contributed by atoms with Gasteiger partial charge >= 0.3 is 0 Å². The van der Waals surface area contributed by atoms with Crippen molar-refractivity contribution in [3.8, 4) is 5.75 Å². The summed E-state index contributed by atoms with van der Waals surface area (Å²) in [4.78, 5) is 16.5. The number of carbonyl (C=O) groups excluding carboxylic acids is 1. The number of aliphatic hydroxyl groups is 2. The lowest BCUT2D eigenvalue weighted by Crippen LogP contribution is -2.55. The second kappa shape index (κ2) is 16.5. The number of benzene rings is 1. The number of aryl methyl sites for hydroxylation is 2. The molecule has 3 N–H and O–H groups in total. The van der Waals surface area contributed by atoms with Gasteiger partial charge in [-0.1, -0.05) is 53.7 Å². The molecule has 47 heavy (non-hydrogen) atoms. The Labute approximate surface area is 286 Å². The fourth-order valence-electron chi connectivity index (χ4n) is 8.61. The summed E-state index contributed by atoms with van der Waals surface area (Å²) in [5, 5.41) is 33.6. The molecule has 2 unspecified atom stereocenters. The maximum absolute atomic E-state index is 14.1. The van der Waals surface area contributed by atoms with Crippen molar-refractivity contribution >= 4 is 5.78 Å². The Bertz CT molecular complexity index is 1160. The van der Waals surface area contributed by atoms with E-state index in [9.17, 15) is 20.1 Å². The summed E-state index contributed by atoms with van der Waals surface area (Å²) in [6.45, 7) is 25.6. The third-order valence-corrected chi connectivity index (χ3v) is 12.2. The second-order valence-electron chi connectivity index (χ2n) is 15.9. The Morgan fingerprint density at radius 2 is 1.68 bits per heavy atom. The number of phenolic OH excluding ortho intramolecular Hbond substituents is 1. The molecule has 3 rings (SSSR count). The van der Waals surface area contributed by atoms with Crippen LogP contribution >= 0.6 is 0 Å². The molecule has 0 radical (unpaired) electrons. The quantitative estimate of drug-likeness (QED) is 0.167. The van der Waals surface area contributed by atoms with Crippen LogP contribution in [0.2, 0.25) is 0 Å². The molecule has 2 aliphatic rings. The Balaban J connectivity index is 1.71. The van der Waals surface area contributed by atoms with Gasteiger partial charge in [0, 0.05) is 36.0 Å². The molecule has 2 aliphatic heterocycles. The first-order valence-electron chi connectivity index (χ1n) is 18.8. The molecule has 0 aliphatic carbocycles. The number of hydrogen-bond acceptors (Lipinski definition) is 7. The van der Waals surface area contributed by atoms with Gasteiger partial charge in [0.05, 0.1) is 35.6 Å². The Morgan fingerprint density at radius 1 is 1.04 bits per heavy atom. The van der Waals surface area contributed by atoms with E-state index in [4.69, 9.17) is 9.47 Å². The Hall–Kier alpha value is -1.51. The summed E-state index contributed by atoms with van der Waals surface area (Å²) in [5.41, 5.74) is 1.66. The van der Waals surface area contributed by atoms with E-state index in [0.717, 1.165) is 42.4 Å². The highest BCUT2D eigenvalue weighted by Gasteiger charge is 2.55. The molecule has 0 spiro atoms. The predicted octanol–water partition coefficient (Wildman–Crippen LogP) is 7.76. The highest BCUT2D eigenvalue weighted by Crippen LogP contribution is 2.48. The number of aromatic hydroxyl groups is 1. The summed E-state index contributed by atoms with van der Waals surface area (Å²) >= 11 is 0. The van der Waals surface area contributed by atoms with Crippen LogP contribution in [0.25, 0.3) is 0 Å². The molecule has 2 saturated heterocycles. The van der Waals surface area contributed by atoms with Crippen LogP contribution < -0.4 is 0 Å². The van der Waals surface area contributed by atoms with E-state index in [1.165, 1.54) is 0 Å². The van der Waals surface area contributed by atoms with Gasteiger partial charge in [-0.05, 0) is 116 Å². The number of aliphatic hydroxyl groups excluding tert-OH is 1. The average Bonchev–Trinajstić information content (AvgIpc) is 3.38. The van der Waals surface area contributed by atoms with E-state index < -0.39 is 23.2 Å². The summed E-state index contributed by atoms with van der Waals surface area (Å²) in [6.07, 6.45) is 4.41. The van der Waals surface area contributed by atoms with Crippen molar-refractivity contribution < 1.29 is 29.6 Å². The second-order valence-corrected chi connectivity index (χ2v) is 15.9. The van der Waals surface area contributed by atoms with E-state index in [2.05, 4.69) is 59.4 Å². The molecule has 2 heterocycles. The molecule has 0 aromatic heterocycles. The largest absolute Gasteiger partial charge is 0.507 e. The fourth-order valence-corrected chi connectivity index (χ4v) is 8.61. The summed E-state index contributed by atoms with van der Waals surface area (Å²) in [5.74, 6) is -0.300. The molecular weight excluding hydrogens is 590 g/mol. The van der Waals surface area contributed by atoms with E-state index in [1.807, 2.05) is 40.7 Å². The molecular formula is C40H69NO6. The third-order valence-electron chi connectivity index (χ3n) is 12.2. The zero-order chi connectivity index (χ0) is 35.4. The first-order valence-corrected chi connectivity index (χ1v) is 18.8. The number of phenols is 1. The van der Waals surface area contributed by atoms with Crippen LogP contribution in [0.4, 0.5) is 0 Å². The maximum atomic E-state index is 14.1. The number of carbonyl (C=O) groups is 1. The molecule has 0 saturated carbocycles. The maximum Gasteiger partial charge on any atom is 0.143 e. The molecule has 0 bridgehead atoms. The molecule has 7 nitrogen and oxygen atoms in total. The van der Waals surface area contributed by atoms with Crippen LogP contribution in [0.5, 0.6) is 5.75 Å². The highest BCUT2D eigenvalue weighted by molar-refractivity contribution is 5.84. The lowest BCUT2D eigenvalue weighted by atomic mass is 9.76. The first kappa shape index (κ1) is 39.9. The van der Waals surface area contributed by atoms with Crippen molar-refractivity contribution in [2.24, 2.45) is 23.7 Å². The van der Waals surface area contributed by atoms with Crippen molar-refractivity contribution in [1.82, 2.24) is 4.90 Å². The molecule has 10 atom stereocenters. The monoisotopic (exact) mass is 660 g/mol. The minimum Gasteiger partial charge on any atom is -0.507 e. The number of hydrogen-bond donors (Lipinski definition) is 3. The van der Waals surface area contributed by atoms with E-state index in [0.29, 0.717) is 50.1 Å². The van der Waals surface area contributed by atoms with Gasteiger partial charge in [0.2, 0.25) is 0 Å². The Kier molecular flexibility index (Phi) is 14.0. The van der Waals surface area contributed by atoms with Gasteiger partial charge in [0.15, 0.2) is 0 Å². The lowest BCUT2D eigenvalue weighted by Gasteiger charge is -2.47. The van der Waals surface area contributed by atoms with E-state index in [-0.39, 0.29) is 41.8 Å². The van der Waals surface area contributed by atoms with Crippen molar-refractivity contribution in [3.05, 3.63) is 28.8 Å². The first-order chi connectivity index (χ1) is 22.0. The van der Waals surface area contributed by atoms with Crippen molar-refractivity contribution in [1.29, 1.82) is 0 Å². The van der Waals surface area contributed by atoms with Crippen LogP contribution in [0.3, 0.4) is 0 Å². The predicted molar refractivity (Wildman–Crippen MR) is 191 cm³/mol. The molecule has 1 aromatic rings. The van der Waals surface area contributed by atoms with Crippen LogP contribution in [0.1, 0.15) is 138 Å². The van der Waals surface area contributed by atoms with Gasteiger partial charge < -0.3 is 24.8 Å². The van der Waals surface area contributed by atoms with Crippen LogP contribution in [0, 0.1) is 30.6 Å². The molecule has 0 amide bonds. The van der Waals surface area contributed by atoms with Crippen LogP contribution in [0.15, 0.2) is 12.1 Å². The zero-order valence-electron chi connectivity index (χ0n) is 31.8. The number of ether oxygens (including phenoxy) is 2.